The van der Waals surface area contributed by atoms with Crippen LogP contribution in [0, 0.1) is 0 Å². The maximum absolute atomic E-state index is 3.68. The molecule has 0 radical (unpaired) electrons. The van der Waals surface area contributed by atoms with Crippen LogP contribution in [0.1, 0.15) is 25.7 Å². The van der Waals surface area contributed by atoms with Gasteiger partial charge in [-0.2, -0.15) is 0 Å². The minimum atomic E-state index is 0.677. The van der Waals surface area contributed by atoms with Crippen molar-refractivity contribution in [2.75, 3.05) is 12.4 Å². The molecule has 3 rings (SSSR count). The van der Waals surface area contributed by atoms with Crippen LogP contribution in [-0.2, 0) is 0 Å². The zero-order chi connectivity index (χ0) is 11.0. The van der Waals surface area contributed by atoms with Gasteiger partial charge in [-0.15, -0.1) is 0 Å². The van der Waals surface area contributed by atoms with E-state index in [-0.39, 0.29) is 0 Å². The first-order chi connectivity index (χ1) is 7.83. The van der Waals surface area contributed by atoms with Crippen LogP contribution < -0.4 is 5.32 Å². The summed E-state index contributed by atoms with van der Waals surface area (Å²) < 4.78 is 0. The fraction of sp³-hybridized carbons (Fsp3) is 0.571. The van der Waals surface area contributed by atoms with Gasteiger partial charge in [-0.1, -0.05) is 18.2 Å². The van der Waals surface area contributed by atoms with Gasteiger partial charge < -0.3 is 10.2 Å². The highest BCUT2D eigenvalue weighted by Crippen LogP contribution is 2.35. The van der Waals surface area contributed by atoms with Crippen LogP contribution in [0.5, 0.6) is 0 Å². The Morgan fingerprint density at radius 3 is 2.31 bits per heavy atom. The van der Waals surface area contributed by atoms with E-state index in [1.54, 1.807) is 0 Å². The number of nitrogens with one attached hydrogen (secondary N) is 1. The van der Waals surface area contributed by atoms with Crippen molar-refractivity contribution in [2.45, 2.75) is 43.8 Å². The van der Waals surface area contributed by atoms with Gasteiger partial charge in [0.25, 0.3) is 0 Å². The maximum atomic E-state index is 3.68. The highest BCUT2D eigenvalue weighted by atomic mass is 15.2. The van der Waals surface area contributed by atoms with Gasteiger partial charge in [0.2, 0.25) is 0 Å². The molecule has 1 aromatic rings. The number of fused-ring (bicyclic) bond motifs is 2. The van der Waals surface area contributed by atoms with Gasteiger partial charge in [-0.3, -0.25) is 0 Å². The SMILES string of the molecule is CN1[C@@H]2CC[C@@H]1CC(Nc1ccccc1)C2. The normalized spacial score (nSPS) is 33.9. The Balaban J connectivity index is 1.66. The van der Waals surface area contributed by atoms with Gasteiger partial charge >= 0.3 is 0 Å². The van der Waals surface area contributed by atoms with Crippen LogP contribution in [0.15, 0.2) is 30.3 Å². The minimum Gasteiger partial charge on any atom is -0.382 e. The summed E-state index contributed by atoms with van der Waals surface area (Å²) in [6.45, 7) is 0. The fourth-order valence-corrected chi connectivity index (χ4v) is 3.30. The van der Waals surface area contributed by atoms with Crippen molar-refractivity contribution in [3.8, 4) is 0 Å². The monoisotopic (exact) mass is 216 g/mol. The molecule has 0 spiro atoms. The summed E-state index contributed by atoms with van der Waals surface area (Å²) in [5, 5.41) is 3.68. The molecule has 2 saturated heterocycles. The molecular weight excluding hydrogens is 196 g/mol. The average Bonchev–Trinajstić information content (AvgIpc) is 2.54. The number of piperidine rings is 1. The smallest absolute Gasteiger partial charge is 0.0342 e. The van der Waals surface area contributed by atoms with E-state index in [9.17, 15) is 0 Å². The van der Waals surface area contributed by atoms with Crippen molar-refractivity contribution in [1.29, 1.82) is 0 Å². The molecule has 1 aromatic carbocycles. The first-order valence-electron chi connectivity index (χ1n) is 6.36. The minimum absolute atomic E-state index is 0.677. The van der Waals surface area contributed by atoms with Crippen molar-refractivity contribution >= 4 is 5.69 Å². The van der Waals surface area contributed by atoms with Crippen molar-refractivity contribution < 1.29 is 0 Å². The number of hydrogen-bond acceptors (Lipinski definition) is 2. The zero-order valence-electron chi connectivity index (χ0n) is 9.89. The first-order valence-corrected chi connectivity index (χ1v) is 6.36. The van der Waals surface area contributed by atoms with Crippen molar-refractivity contribution in [2.24, 2.45) is 0 Å². The van der Waals surface area contributed by atoms with E-state index in [1.807, 2.05) is 0 Å². The summed E-state index contributed by atoms with van der Waals surface area (Å²) in [4.78, 5) is 2.59. The van der Waals surface area contributed by atoms with Crippen LogP contribution in [0.25, 0.3) is 0 Å². The van der Waals surface area contributed by atoms with Crippen molar-refractivity contribution in [1.82, 2.24) is 4.90 Å². The van der Waals surface area contributed by atoms with E-state index < -0.39 is 0 Å². The lowest BCUT2D eigenvalue weighted by atomic mass is 9.98. The summed E-state index contributed by atoms with van der Waals surface area (Å²) in [5.74, 6) is 0. The second-order valence-corrected chi connectivity index (χ2v) is 5.23. The van der Waals surface area contributed by atoms with E-state index in [4.69, 9.17) is 0 Å². The molecule has 2 heterocycles. The van der Waals surface area contributed by atoms with E-state index >= 15 is 0 Å². The quantitative estimate of drug-likeness (QED) is 0.817. The third kappa shape index (κ3) is 1.82. The van der Waals surface area contributed by atoms with E-state index in [2.05, 4.69) is 47.6 Å². The standard InChI is InChI=1S/C14H20N2/c1-16-13-7-8-14(16)10-12(9-13)15-11-5-3-2-4-6-11/h2-6,12-15H,7-10H2,1H3/t13-,14-/m1/s1. The van der Waals surface area contributed by atoms with Crippen molar-refractivity contribution in [3.05, 3.63) is 30.3 Å². The topological polar surface area (TPSA) is 15.3 Å². The first kappa shape index (κ1) is 10.2. The Morgan fingerprint density at radius 1 is 1.06 bits per heavy atom. The molecule has 2 heteroatoms. The molecule has 0 unspecified atom stereocenters. The Hall–Kier alpha value is -1.02. The molecule has 2 fully saturated rings. The third-order valence-corrected chi connectivity index (χ3v) is 4.24. The Morgan fingerprint density at radius 2 is 1.69 bits per heavy atom. The van der Waals surface area contributed by atoms with E-state index in [0.29, 0.717) is 6.04 Å². The Kier molecular flexibility index (Phi) is 2.60. The molecule has 0 aliphatic carbocycles. The molecule has 2 aliphatic heterocycles. The molecular formula is C14H20N2. The molecule has 2 aliphatic rings. The number of para-hydroxylation sites is 1. The van der Waals surface area contributed by atoms with Crippen LogP contribution in [0.3, 0.4) is 0 Å². The largest absolute Gasteiger partial charge is 0.382 e. The molecule has 0 saturated carbocycles. The van der Waals surface area contributed by atoms with Crippen LogP contribution >= 0.6 is 0 Å². The molecule has 1 N–H and O–H groups in total. The third-order valence-electron chi connectivity index (χ3n) is 4.24. The van der Waals surface area contributed by atoms with E-state index in [1.165, 1.54) is 31.4 Å². The highest BCUT2D eigenvalue weighted by Gasteiger charge is 2.38. The second kappa shape index (κ2) is 4.10. The Labute approximate surface area is 97.6 Å². The van der Waals surface area contributed by atoms with Gasteiger partial charge in [0, 0.05) is 23.8 Å². The maximum Gasteiger partial charge on any atom is 0.0342 e. The summed E-state index contributed by atoms with van der Waals surface area (Å²) in [6, 6.07) is 12.9. The zero-order valence-corrected chi connectivity index (χ0v) is 9.89. The molecule has 2 atom stereocenters. The van der Waals surface area contributed by atoms with Crippen molar-refractivity contribution in [3.63, 3.8) is 0 Å². The number of benzene rings is 1. The highest BCUT2D eigenvalue weighted by molar-refractivity contribution is 5.43. The molecule has 2 nitrogen and oxygen atoms in total. The van der Waals surface area contributed by atoms with Crippen LogP contribution in [-0.4, -0.2) is 30.1 Å². The number of nitrogens with zero attached hydrogens (tertiary/aromatic N) is 1. The summed E-state index contributed by atoms with van der Waals surface area (Å²) in [5.41, 5.74) is 1.27. The molecule has 0 amide bonds. The van der Waals surface area contributed by atoms with Gasteiger partial charge in [-0.05, 0) is 44.9 Å². The van der Waals surface area contributed by atoms with Crippen LogP contribution in [0.4, 0.5) is 5.69 Å². The molecule has 86 valence electrons. The molecule has 0 aromatic heterocycles. The molecule has 2 bridgehead atoms. The van der Waals surface area contributed by atoms with Crippen LogP contribution in [0.2, 0.25) is 0 Å². The lowest BCUT2D eigenvalue weighted by Gasteiger charge is -2.37. The average molecular weight is 216 g/mol. The predicted molar refractivity (Wildman–Crippen MR) is 67.7 cm³/mol. The summed E-state index contributed by atoms with van der Waals surface area (Å²) in [6.07, 6.45) is 5.41. The van der Waals surface area contributed by atoms with Gasteiger partial charge in [-0.25, -0.2) is 0 Å². The fourth-order valence-electron chi connectivity index (χ4n) is 3.30. The number of rotatable bonds is 2. The van der Waals surface area contributed by atoms with Gasteiger partial charge in [0.15, 0.2) is 0 Å². The summed E-state index contributed by atoms with van der Waals surface area (Å²) in [7, 11) is 2.29. The number of hydrogen-bond donors (Lipinski definition) is 1. The second-order valence-electron chi connectivity index (χ2n) is 5.23. The van der Waals surface area contributed by atoms with Gasteiger partial charge in [0.05, 0.1) is 0 Å². The number of anilines is 1. The Bertz CT molecular complexity index is 335. The lowest BCUT2D eigenvalue weighted by Crippen LogP contribution is -2.44. The molecule has 16 heavy (non-hydrogen) atoms. The van der Waals surface area contributed by atoms with Gasteiger partial charge in [0.1, 0.15) is 0 Å². The van der Waals surface area contributed by atoms with E-state index in [0.717, 1.165) is 12.1 Å². The summed E-state index contributed by atoms with van der Waals surface area (Å²) >= 11 is 0. The predicted octanol–water partition coefficient (Wildman–Crippen LogP) is 2.72. The lowest BCUT2D eigenvalue weighted by molar-refractivity contribution is 0.169.